The Morgan fingerprint density at radius 2 is 0.481 bits per heavy atom. The van der Waals surface area contributed by atoms with E-state index in [2.05, 4.69) is 0 Å². The second kappa shape index (κ2) is 11.6. The molecule has 0 aliphatic rings. The van der Waals surface area contributed by atoms with E-state index in [4.69, 9.17) is 15.3 Å². The Bertz CT molecular complexity index is 299. The molecule has 0 aliphatic carbocycles. The lowest BCUT2D eigenvalue weighted by Crippen LogP contribution is -2.56. The third kappa shape index (κ3) is 10.6. The Labute approximate surface area is 138 Å². The number of aliphatic hydroxyl groups is 3. The molecule has 0 aromatic rings. The zero-order valence-corrected chi connectivity index (χ0v) is 11.8. The Balaban J connectivity index is -0.0000000500. The smallest absolute Gasteiger partial charge is 0.412 e. The summed E-state index contributed by atoms with van der Waals surface area (Å²) in [6.07, 6.45) is -25.0. The van der Waals surface area contributed by atoms with E-state index in [9.17, 15) is 57.1 Å². The third-order valence-electron chi connectivity index (χ3n) is 1.54. The molecule has 0 atom stereocenters. The molecule has 8 nitrogen and oxygen atoms in total. The first kappa shape index (κ1) is 44.9. The van der Waals surface area contributed by atoms with Crippen LogP contribution in [0, 0.1) is 0 Å². The van der Waals surface area contributed by atoms with E-state index in [1.165, 1.54) is 0 Å². The van der Waals surface area contributed by atoms with Gasteiger partial charge in [-0.05, 0) is 0 Å². The zero-order valence-electron chi connectivity index (χ0n) is 11.8. The molecular formula is C6H13F13O8. The molecule has 21 heteroatoms. The van der Waals surface area contributed by atoms with Crippen LogP contribution in [0.3, 0.4) is 0 Å². The summed E-state index contributed by atoms with van der Waals surface area (Å²) in [5.74, 6) is -11.8. The van der Waals surface area contributed by atoms with Crippen LogP contribution in [0.1, 0.15) is 0 Å². The maximum atomic E-state index is 11.4. The van der Waals surface area contributed by atoms with E-state index in [0.29, 0.717) is 0 Å². The summed E-state index contributed by atoms with van der Waals surface area (Å²) in [5, 5.41) is 22.3. The van der Waals surface area contributed by atoms with E-state index in [0.717, 1.165) is 0 Å². The summed E-state index contributed by atoms with van der Waals surface area (Å²) < 4.78 is 144. The van der Waals surface area contributed by atoms with Crippen LogP contribution in [0.5, 0.6) is 0 Å². The molecule has 0 saturated heterocycles. The monoisotopic (exact) mass is 460 g/mol. The topological polar surface area (TPSA) is 218 Å². The molecule has 0 aromatic carbocycles. The van der Waals surface area contributed by atoms with Crippen LogP contribution in [-0.4, -0.2) is 79.0 Å². The van der Waals surface area contributed by atoms with Gasteiger partial charge < -0.3 is 42.7 Å². The van der Waals surface area contributed by atoms with Crippen molar-refractivity contribution in [2.24, 2.45) is 0 Å². The predicted octanol–water partition coefficient (Wildman–Crippen LogP) is -1.56. The van der Waals surface area contributed by atoms with Crippen molar-refractivity contribution < 1.29 is 99.8 Å². The quantitative estimate of drug-likeness (QED) is 0.289. The standard InChI is InChI=1S/C3HF7O.C3H2F6O2.5H2O/c4-1(11,2(5,6)7)3(8,9)10;4-2(5,6)1(10,11)3(7,8)9;;;;;/h11H;10-11H;5*1H2. The minimum absolute atomic E-state index is 0. The van der Waals surface area contributed by atoms with Gasteiger partial charge in [-0.1, -0.05) is 0 Å². The molecule has 0 unspecified atom stereocenters. The zero-order chi connectivity index (χ0) is 19.0. The second-order valence-electron chi connectivity index (χ2n) is 3.29. The molecule has 0 fully saturated rings. The largest absolute Gasteiger partial charge is 0.458 e. The van der Waals surface area contributed by atoms with E-state index in [-0.39, 0.29) is 27.4 Å². The van der Waals surface area contributed by atoms with Gasteiger partial charge in [0.05, 0.1) is 0 Å². The lowest BCUT2D eigenvalue weighted by Gasteiger charge is -2.26. The Morgan fingerprint density at radius 3 is 0.481 bits per heavy atom. The van der Waals surface area contributed by atoms with Crippen LogP contribution in [0.4, 0.5) is 57.1 Å². The molecule has 0 rings (SSSR count). The number of hydrogen-bond acceptors (Lipinski definition) is 3. The number of alkyl halides is 13. The van der Waals surface area contributed by atoms with Gasteiger partial charge in [0.2, 0.25) is 0 Å². The number of halogens is 13. The van der Waals surface area contributed by atoms with Crippen molar-refractivity contribution in [2.45, 2.75) is 36.3 Å². The van der Waals surface area contributed by atoms with Gasteiger partial charge in [-0.3, -0.25) is 0 Å². The predicted molar refractivity (Wildman–Crippen MR) is 55.5 cm³/mol. The summed E-state index contributed by atoms with van der Waals surface area (Å²) in [6, 6.07) is 0. The van der Waals surface area contributed by atoms with Gasteiger partial charge in [-0.15, -0.1) is 0 Å². The van der Waals surface area contributed by atoms with Gasteiger partial charge in [0.25, 0.3) is 0 Å². The van der Waals surface area contributed by atoms with Crippen LogP contribution in [-0.2, 0) is 0 Å². The minimum Gasteiger partial charge on any atom is -0.412 e. The molecule has 0 heterocycles. The molecule has 0 spiro atoms. The molecular weight excluding hydrogens is 447 g/mol. The maximum Gasteiger partial charge on any atom is 0.458 e. The molecule has 0 radical (unpaired) electrons. The van der Waals surface area contributed by atoms with Crippen molar-refractivity contribution in [3.63, 3.8) is 0 Å². The summed E-state index contributed by atoms with van der Waals surface area (Å²) in [6.45, 7) is 0. The van der Waals surface area contributed by atoms with Gasteiger partial charge in [0.1, 0.15) is 0 Å². The minimum atomic E-state index is -6.36. The highest BCUT2D eigenvalue weighted by Crippen LogP contribution is 2.43. The van der Waals surface area contributed by atoms with E-state index in [1.807, 2.05) is 0 Å². The number of rotatable bonds is 0. The average Bonchev–Trinajstić information content (AvgIpc) is 2.10. The van der Waals surface area contributed by atoms with Crippen LogP contribution < -0.4 is 0 Å². The fraction of sp³-hybridized carbons (Fsp3) is 1.00. The van der Waals surface area contributed by atoms with Gasteiger partial charge in [-0.2, -0.15) is 57.1 Å². The van der Waals surface area contributed by atoms with Crippen LogP contribution >= 0.6 is 0 Å². The SMILES string of the molecule is O.O.O.O.O.OC(F)(C(F)(F)F)C(F)(F)F.OC(O)(C(F)(F)F)C(F)(F)F. The molecule has 13 N–H and O–H groups in total. The summed E-state index contributed by atoms with van der Waals surface area (Å²) in [5.41, 5.74) is 0. The molecule has 0 aliphatic heterocycles. The Hall–Kier alpha value is -1.23. The summed E-state index contributed by atoms with van der Waals surface area (Å²) >= 11 is 0. The Kier molecular flexibility index (Phi) is 19.2. The van der Waals surface area contributed by atoms with E-state index in [1.54, 1.807) is 0 Å². The van der Waals surface area contributed by atoms with Crippen molar-refractivity contribution in [3.05, 3.63) is 0 Å². The summed E-state index contributed by atoms with van der Waals surface area (Å²) in [7, 11) is 0. The van der Waals surface area contributed by atoms with E-state index >= 15 is 0 Å². The van der Waals surface area contributed by atoms with Gasteiger partial charge in [0, 0.05) is 0 Å². The van der Waals surface area contributed by atoms with Crippen molar-refractivity contribution >= 4 is 0 Å². The molecule has 176 valence electrons. The molecule has 0 saturated carbocycles. The highest BCUT2D eigenvalue weighted by molar-refractivity contribution is 4.83. The van der Waals surface area contributed by atoms with Crippen LogP contribution in [0.15, 0.2) is 0 Å². The highest BCUT2D eigenvalue weighted by atomic mass is 19.4. The van der Waals surface area contributed by atoms with Crippen molar-refractivity contribution in [2.75, 3.05) is 0 Å². The van der Waals surface area contributed by atoms with Crippen molar-refractivity contribution in [3.8, 4) is 0 Å². The average molecular weight is 460 g/mol. The first-order valence-corrected chi connectivity index (χ1v) is 4.13. The molecule has 0 bridgehead atoms. The fourth-order valence-electron chi connectivity index (χ4n) is 0.321. The van der Waals surface area contributed by atoms with Crippen LogP contribution in [0.2, 0.25) is 0 Å². The lowest BCUT2D eigenvalue weighted by molar-refractivity contribution is -0.445. The van der Waals surface area contributed by atoms with Crippen LogP contribution in [0.25, 0.3) is 0 Å². The highest BCUT2D eigenvalue weighted by Gasteiger charge is 2.72. The van der Waals surface area contributed by atoms with Gasteiger partial charge in [-0.25, -0.2) is 0 Å². The van der Waals surface area contributed by atoms with Crippen molar-refractivity contribution in [1.82, 2.24) is 0 Å². The van der Waals surface area contributed by atoms with Gasteiger partial charge >= 0.3 is 36.3 Å². The first-order chi connectivity index (χ1) is 9.00. The van der Waals surface area contributed by atoms with Crippen molar-refractivity contribution in [1.29, 1.82) is 0 Å². The normalized spacial score (nSPS) is 12.4. The molecule has 0 amide bonds. The second-order valence-corrected chi connectivity index (χ2v) is 3.29. The Morgan fingerprint density at radius 1 is 0.333 bits per heavy atom. The molecule has 27 heavy (non-hydrogen) atoms. The maximum absolute atomic E-state index is 11.4. The number of hydrogen-bond donors (Lipinski definition) is 3. The van der Waals surface area contributed by atoms with Gasteiger partial charge in [0.15, 0.2) is 0 Å². The fourth-order valence-corrected chi connectivity index (χ4v) is 0.321. The third-order valence-corrected chi connectivity index (χ3v) is 1.54. The summed E-state index contributed by atoms with van der Waals surface area (Å²) in [4.78, 5) is 0. The first-order valence-electron chi connectivity index (χ1n) is 4.13. The van der Waals surface area contributed by atoms with E-state index < -0.39 is 36.3 Å². The molecule has 0 aromatic heterocycles. The lowest BCUT2D eigenvalue weighted by atomic mass is 10.3.